The molecule has 0 aliphatic carbocycles. The average molecular weight is 370 g/mol. The quantitative estimate of drug-likeness (QED) is 0.805. The van der Waals surface area contributed by atoms with Crippen molar-refractivity contribution in [1.29, 1.82) is 0 Å². The molecule has 0 unspecified atom stereocenters. The molecule has 1 heterocycles. The lowest BCUT2D eigenvalue weighted by Crippen LogP contribution is -2.13. The highest BCUT2D eigenvalue weighted by molar-refractivity contribution is 9.10. The van der Waals surface area contributed by atoms with Crippen molar-refractivity contribution in [2.24, 2.45) is 0 Å². The van der Waals surface area contributed by atoms with Crippen molar-refractivity contribution >= 4 is 39.1 Å². The van der Waals surface area contributed by atoms with Gasteiger partial charge >= 0.3 is 0 Å². The maximum atomic E-state index is 12.2. The van der Waals surface area contributed by atoms with Crippen LogP contribution < -0.4 is 10.1 Å². The summed E-state index contributed by atoms with van der Waals surface area (Å²) in [5.74, 6) is 0.377. The van der Waals surface area contributed by atoms with Crippen molar-refractivity contribution < 1.29 is 9.53 Å². The van der Waals surface area contributed by atoms with E-state index in [1.165, 1.54) is 0 Å². The molecule has 6 heteroatoms. The highest BCUT2D eigenvalue weighted by Crippen LogP contribution is 2.24. The maximum absolute atomic E-state index is 12.2. The van der Waals surface area contributed by atoms with E-state index < -0.39 is 0 Å². The van der Waals surface area contributed by atoms with Crippen LogP contribution in [0.5, 0.6) is 5.75 Å². The fourth-order valence-corrected chi connectivity index (χ4v) is 2.17. The molecule has 1 N–H and O–H groups in total. The molecular formula is C15H14BrClN2O2. The lowest BCUT2D eigenvalue weighted by molar-refractivity contribution is 0.102. The number of carbonyl (C=O) groups is 1. The first-order valence-electron chi connectivity index (χ1n) is 6.35. The van der Waals surface area contributed by atoms with E-state index in [0.717, 1.165) is 4.47 Å². The molecule has 0 fully saturated rings. The fraction of sp³-hybridized carbons (Fsp3) is 0.200. The number of nitrogens with zero attached hydrogens (tertiary/aromatic N) is 1. The van der Waals surface area contributed by atoms with Crippen molar-refractivity contribution in [3.05, 3.63) is 51.7 Å². The molecule has 0 atom stereocenters. The van der Waals surface area contributed by atoms with Crippen molar-refractivity contribution in [3.63, 3.8) is 0 Å². The zero-order valence-corrected chi connectivity index (χ0v) is 13.9. The standard InChI is InChI=1S/C15H14BrClN2O2/c1-9(2)21-12-5-3-4-10(6-12)15(20)19-13-7-11(16)8-18-14(13)17/h3-9H,1-2H3,(H,19,20). The molecule has 0 radical (unpaired) electrons. The first-order valence-corrected chi connectivity index (χ1v) is 7.52. The Labute approximate surface area is 136 Å². The molecular weight excluding hydrogens is 356 g/mol. The van der Waals surface area contributed by atoms with Crippen molar-refractivity contribution in [3.8, 4) is 5.75 Å². The monoisotopic (exact) mass is 368 g/mol. The van der Waals surface area contributed by atoms with Crippen LogP contribution in [0.15, 0.2) is 41.0 Å². The minimum Gasteiger partial charge on any atom is -0.491 e. The summed E-state index contributed by atoms with van der Waals surface area (Å²) < 4.78 is 6.31. The Hall–Kier alpha value is -1.59. The van der Waals surface area contributed by atoms with Gasteiger partial charge in [-0.2, -0.15) is 0 Å². The molecule has 2 rings (SSSR count). The van der Waals surface area contributed by atoms with Gasteiger partial charge in [-0.1, -0.05) is 17.7 Å². The summed E-state index contributed by atoms with van der Waals surface area (Å²) in [6, 6.07) is 8.68. The third-order valence-electron chi connectivity index (χ3n) is 2.52. The maximum Gasteiger partial charge on any atom is 0.255 e. The number of carbonyl (C=O) groups excluding carboxylic acids is 1. The molecule has 0 saturated carbocycles. The smallest absolute Gasteiger partial charge is 0.255 e. The van der Waals surface area contributed by atoms with Gasteiger partial charge in [-0.3, -0.25) is 4.79 Å². The van der Waals surface area contributed by atoms with E-state index in [0.29, 0.717) is 17.0 Å². The van der Waals surface area contributed by atoms with E-state index in [9.17, 15) is 4.79 Å². The zero-order valence-electron chi connectivity index (χ0n) is 11.6. The zero-order chi connectivity index (χ0) is 15.4. The number of amides is 1. The van der Waals surface area contributed by atoms with E-state index in [1.807, 2.05) is 19.9 Å². The third-order valence-corrected chi connectivity index (χ3v) is 3.26. The molecule has 0 aliphatic heterocycles. The first kappa shape index (κ1) is 15.8. The van der Waals surface area contributed by atoms with Crippen LogP contribution in [0.3, 0.4) is 0 Å². The molecule has 0 bridgehead atoms. The van der Waals surface area contributed by atoms with Crippen LogP contribution in [-0.4, -0.2) is 17.0 Å². The van der Waals surface area contributed by atoms with Gasteiger partial charge in [-0.15, -0.1) is 0 Å². The SMILES string of the molecule is CC(C)Oc1cccc(C(=O)Nc2cc(Br)cnc2Cl)c1. The van der Waals surface area contributed by atoms with E-state index >= 15 is 0 Å². The van der Waals surface area contributed by atoms with Crippen LogP contribution in [0, 0.1) is 0 Å². The van der Waals surface area contributed by atoms with Gasteiger partial charge in [0.1, 0.15) is 5.75 Å². The van der Waals surface area contributed by atoms with Crippen LogP contribution in [0.4, 0.5) is 5.69 Å². The minimum absolute atomic E-state index is 0.0482. The van der Waals surface area contributed by atoms with Crippen molar-refractivity contribution in [2.45, 2.75) is 20.0 Å². The molecule has 0 saturated heterocycles. The summed E-state index contributed by atoms with van der Waals surface area (Å²) in [5.41, 5.74) is 0.940. The Balaban J connectivity index is 2.18. The number of hydrogen-bond acceptors (Lipinski definition) is 3. The lowest BCUT2D eigenvalue weighted by Gasteiger charge is -2.11. The number of ether oxygens (including phenoxy) is 1. The van der Waals surface area contributed by atoms with E-state index in [-0.39, 0.29) is 17.2 Å². The predicted octanol–water partition coefficient (Wildman–Crippen LogP) is 4.54. The third kappa shape index (κ3) is 4.44. The lowest BCUT2D eigenvalue weighted by atomic mass is 10.2. The normalized spacial score (nSPS) is 10.5. The second-order valence-corrected chi connectivity index (χ2v) is 5.91. The largest absolute Gasteiger partial charge is 0.491 e. The molecule has 0 spiro atoms. The van der Waals surface area contributed by atoms with E-state index in [2.05, 4.69) is 26.2 Å². The summed E-state index contributed by atoms with van der Waals surface area (Å²) in [7, 11) is 0. The van der Waals surface area contributed by atoms with Gasteiger partial charge in [0.2, 0.25) is 0 Å². The number of pyridine rings is 1. The first-order chi connectivity index (χ1) is 9.95. The summed E-state index contributed by atoms with van der Waals surface area (Å²) >= 11 is 9.25. The predicted molar refractivity (Wildman–Crippen MR) is 87.1 cm³/mol. The van der Waals surface area contributed by atoms with Gasteiger partial charge in [0.05, 0.1) is 11.8 Å². The Bertz CT molecular complexity index is 662. The molecule has 110 valence electrons. The molecule has 1 aromatic carbocycles. The summed E-state index contributed by atoms with van der Waals surface area (Å²) in [6.45, 7) is 3.86. The number of anilines is 1. The molecule has 2 aromatic rings. The van der Waals surface area contributed by atoms with E-state index in [4.69, 9.17) is 16.3 Å². The molecule has 4 nitrogen and oxygen atoms in total. The highest BCUT2D eigenvalue weighted by Gasteiger charge is 2.11. The summed E-state index contributed by atoms with van der Waals surface area (Å²) in [4.78, 5) is 16.2. The number of halogens is 2. The molecule has 1 aromatic heterocycles. The van der Waals surface area contributed by atoms with Gasteiger partial charge in [0.25, 0.3) is 5.91 Å². The number of hydrogen-bond donors (Lipinski definition) is 1. The van der Waals surface area contributed by atoms with Gasteiger partial charge in [0, 0.05) is 16.2 Å². The number of aromatic nitrogens is 1. The van der Waals surface area contributed by atoms with Crippen molar-refractivity contribution in [1.82, 2.24) is 4.98 Å². The number of benzene rings is 1. The summed E-state index contributed by atoms with van der Waals surface area (Å²) in [5, 5.41) is 2.97. The Morgan fingerprint density at radius 2 is 2.14 bits per heavy atom. The van der Waals surface area contributed by atoms with Crippen molar-refractivity contribution in [2.75, 3.05) is 5.32 Å². The van der Waals surface area contributed by atoms with Crippen LogP contribution >= 0.6 is 27.5 Å². The van der Waals surface area contributed by atoms with Gasteiger partial charge < -0.3 is 10.1 Å². The van der Waals surface area contributed by atoms with Gasteiger partial charge in [-0.05, 0) is 54.0 Å². The summed E-state index contributed by atoms with van der Waals surface area (Å²) in [6.07, 6.45) is 1.61. The van der Waals surface area contributed by atoms with Crippen LogP contribution in [0.1, 0.15) is 24.2 Å². The average Bonchev–Trinajstić information content (AvgIpc) is 2.42. The molecule has 0 aliphatic rings. The second-order valence-electron chi connectivity index (χ2n) is 4.64. The van der Waals surface area contributed by atoms with Gasteiger partial charge in [0.15, 0.2) is 5.15 Å². The Kier molecular flexibility index (Phi) is 5.20. The van der Waals surface area contributed by atoms with Crippen LogP contribution in [-0.2, 0) is 0 Å². The van der Waals surface area contributed by atoms with Crippen LogP contribution in [0.25, 0.3) is 0 Å². The topological polar surface area (TPSA) is 51.2 Å². The Morgan fingerprint density at radius 3 is 2.86 bits per heavy atom. The molecule has 21 heavy (non-hydrogen) atoms. The minimum atomic E-state index is -0.272. The second kappa shape index (κ2) is 6.91. The fourth-order valence-electron chi connectivity index (χ4n) is 1.69. The van der Waals surface area contributed by atoms with Gasteiger partial charge in [-0.25, -0.2) is 4.98 Å². The van der Waals surface area contributed by atoms with E-state index in [1.54, 1.807) is 30.5 Å². The van der Waals surface area contributed by atoms with Crippen LogP contribution in [0.2, 0.25) is 5.15 Å². The Morgan fingerprint density at radius 1 is 1.38 bits per heavy atom. The highest BCUT2D eigenvalue weighted by atomic mass is 79.9. The molecule has 1 amide bonds. The number of rotatable bonds is 4. The number of nitrogens with one attached hydrogen (secondary N) is 1.